The number of aliphatic hydroxyl groups is 1. The van der Waals surface area contributed by atoms with E-state index >= 15 is 0 Å². The molecular formula is C16H33N3O2. The van der Waals surface area contributed by atoms with Gasteiger partial charge in [-0.25, -0.2) is 4.79 Å². The molecule has 0 aliphatic carbocycles. The van der Waals surface area contributed by atoms with Gasteiger partial charge in [0.25, 0.3) is 0 Å². The summed E-state index contributed by atoms with van der Waals surface area (Å²) in [6, 6.07) is 0.0673. The lowest BCUT2D eigenvalue weighted by Gasteiger charge is -2.47. The van der Waals surface area contributed by atoms with E-state index in [1.807, 2.05) is 6.92 Å². The minimum absolute atomic E-state index is 0.00694. The van der Waals surface area contributed by atoms with Crippen molar-refractivity contribution in [2.45, 2.75) is 84.0 Å². The Morgan fingerprint density at radius 2 is 1.76 bits per heavy atom. The lowest BCUT2D eigenvalue weighted by atomic mass is 9.79. The monoisotopic (exact) mass is 299 g/mol. The van der Waals surface area contributed by atoms with Gasteiger partial charge in [-0.1, -0.05) is 0 Å². The Kier molecular flexibility index (Phi) is 5.32. The standard InChI is InChI=1S/C16H33N3O2/c1-8-19(11-16(6,7)21)13(20)17-12-9-14(2,3)18-15(4,5)10-12/h12,18,21H,8-11H2,1-7H3,(H,17,20). The maximum absolute atomic E-state index is 12.4. The van der Waals surface area contributed by atoms with Crippen molar-refractivity contribution in [1.29, 1.82) is 0 Å². The van der Waals surface area contributed by atoms with Gasteiger partial charge < -0.3 is 20.6 Å². The predicted octanol–water partition coefficient (Wildman–Crippen LogP) is 2.10. The van der Waals surface area contributed by atoms with Crippen LogP contribution in [0.3, 0.4) is 0 Å². The van der Waals surface area contributed by atoms with Crippen LogP contribution in [-0.2, 0) is 0 Å². The number of likely N-dealkylation sites (N-methyl/N-ethyl adjacent to an activating group) is 1. The first kappa shape index (κ1) is 18.2. The third-order valence-corrected chi connectivity index (χ3v) is 3.76. The highest BCUT2D eigenvalue weighted by atomic mass is 16.3. The number of carbonyl (C=O) groups is 1. The Bertz CT molecular complexity index is 356. The molecule has 0 unspecified atom stereocenters. The van der Waals surface area contributed by atoms with Gasteiger partial charge in [0, 0.05) is 23.7 Å². The van der Waals surface area contributed by atoms with Crippen molar-refractivity contribution in [2.75, 3.05) is 13.1 Å². The van der Waals surface area contributed by atoms with Gasteiger partial charge in [0.15, 0.2) is 0 Å². The van der Waals surface area contributed by atoms with Crippen molar-refractivity contribution in [3.63, 3.8) is 0 Å². The maximum Gasteiger partial charge on any atom is 0.317 e. The Hall–Kier alpha value is -0.810. The molecule has 0 saturated carbocycles. The summed E-state index contributed by atoms with van der Waals surface area (Å²) in [7, 11) is 0. The molecule has 1 aliphatic rings. The van der Waals surface area contributed by atoms with Crippen molar-refractivity contribution < 1.29 is 9.90 Å². The zero-order valence-corrected chi connectivity index (χ0v) is 14.7. The lowest BCUT2D eigenvalue weighted by molar-refractivity contribution is 0.0462. The summed E-state index contributed by atoms with van der Waals surface area (Å²) in [5, 5.41) is 16.7. The number of rotatable bonds is 4. The minimum Gasteiger partial charge on any atom is -0.389 e. The molecule has 0 aromatic heterocycles. The molecule has 0 atom stereocenters. The molecule has 0 bridgehead atoms. The molecule has 1 fully saturated rings. The molecule has 0 aromatic rings. The molecule has 1 heterocycles. The van der Waals surface area contributed by atoms with Crippen molar-refractivity contribution in [3.05, 3.63) is 0 Å². The van der Waals surface area contributed by atoms with E-state index in [0.29, 0.717) is 13.1 Å². The lowest BCUT2D eigenvalue weighted by Crippen LogP contribution is -2.63. The highest BCUT2D eigenvalue weighted by molar-refractivity contribution is 5.74. The fourth-order valence-corrected chi connectivity index (χ4v) is 3.48. The van der Waals surface area contributed by atoms with Crippen LogP contribution in [0.25, 0.3) is 0 Å². The molecule has 1 aliphatic heterocycles. The third-order valence-electron chi connectivity index (χ3n) is 3.76. The van der Waals surface area contributed by atoms with Crippen molar-refractivity contribution in [3.8, 4) is 0 Å². The number of urea groups is 1. The fourth-order valence-electron chi connectivity index (χ4n) is 3.48. The second kappa shape index (κ2) is 6.13. The van der Waals surface area contributed by atoms with Crippen LogP contribution < -0.4 is 10.6 Å². The SMILES string of the molecule is CCN(CC(C)(C)O)C(=O)NC1CC(C)(C)NC(C)(C)C1. The molecule has 21 heavy (non-hydrogen) atoms. The smallest absolute Gasteiger partial charge is 0.317 e. The summed E-state index contributed by atoms with van der Waals surface area (Å²) < 4.78 is 0. The number of hydrogen-bond donors (Lipinski definition) is 3. The average molecular weight is 299 g/mol. The van der Waals surface area contributed by atoms with Gasteiger partial charge in [0.2, 0.25) is 0 Å². The molecule has 5 heteroatoms. The Morgan fingerprint density at radius 3 is 2.14 bits per heavy atom. The van der Waals surface area contributed by atoms with Crippen LogP contribution in [0.2, 0.25) is 0 Å². The van der Waals surface area contributed by atoms with Crippen LogP contribution in [0, 0.1) is 0 Å². The van der Waals surface area contributed by atoms with E-state index < -0.39 is 5.60 Å². The summed E-state index contributed by atoms with van der Waals surface area (Å²) in [5.41, 5.74) is -0.861. The third kappa shape index (κ3) is 6.22. The molecular weight excluding hydrogens is 266 g/mol. The molecule has 0 aromatic carbocycles. The molecule has 0 radical (unpaired) electrons. The summed E-state index contributed by atoms with van der Waals surface area (Å²) in [6.07, 6.45) is 1.81. The quantitative estimate of drug-likeness (QED) is 0.745. The van der Waals surface area contributed by atoms with Crippen LogP contribution in [-0.4, -0.2) is 51.8 Å². The molecule has 3 N–H and O–H groups in total. The zero-order valence-electron chi connectivity index (χ0n) is 14.7. The molecule has 1 rings (SSSR count). The summed E-state index contributed by atoms with van der Waals surface area (Å²) >= 11 is 0. The fraction of sp³-hybridized carbons (Fsp3) is 0.938. The van der Waals surface area contributed by atoms with E-state index in [1.165, 1.54) is 0 Å². The van der Waals surface area contributed by atoms with E-state index in [9.17, 15) is 9.90 Å². The first-order valence-electron chi connectivity index (χ1n) is 7.91. The number of nitrogens with one attached hydrogen (secondary N) is 2. The van der Waals surface area contributed by atoms with E-state index in [1.54, 1.807) is 18.7 Å². The van der Waals surface area contributed by atoms with Crippen LogP contribution in [0.15, 0.2) is 0 Å². The normalized spacial score (nSPS) is 21.9. The van der Waals surface area contributed by atoms with Gasteiger partial charge in [-0.05, 0) is 61.3 Å². The van der Waals surface area contributed by atoms with E-state index in [4.69, 9.17) is 0 Å². The van der Waals surface area contributed by atoms with Gasteiger partial charge in [0.1, 0.15) is 0 Å². The Labute approximate surface area is 129 Å². The summed E-state index contributed by atoms with van der Waals surface area (Å²) in [4.78, 5) is 14.1. The predicted molar refractivity (Wildman–Crippen MR) is 86.4 cm³/mol. The first-order valence-corrected chi connectivity index (χ1v) is 7.91. The maximum atomic E-state index is 12.4. The average Bonchev–Trinajstić information content (AvgIpc) is 2.19. The van der Waals surface area contributed by atoms with Gasteiger partial charge in [-0.15, -0.1) is 0 Å². The molecule has 124 valence electrons. The van der Waals surface area contributed by atoms with Crippen molar-refractivity contribution in [2.24, 2.45) is 0 Å². The Morgan fingerprint density at radius 1 is 1.29 bits per heavy atom. The Balaban J connectivity index is 2.68. The zero-order chi connectivity index (χ0) is 16.5. The van der Waals surface area contributed by atoms with E-state index in [0.717, 1.165) is 12.8 Å². The summed E-state index contributed by atoms with van der Waals surface area (Å²) in [5.74, 6) is 0. The van der Waals surface area contributed by atoms with Crippen molar-refractivity contribution in [1.82, 2.24) is 15.5 Å². The van der Waals surface area contributed by atoms with Crippen LogP contribution >= 0.6 is 0 Å². The number of hydrogen-bond acceptors (Lipinski definition) is 3. The molecule has 2 amide bonds. The second-order valence-corrected chi connectivity index (χ2v) is 8.27. The number of amides is 2. The van der Waals surface area contributed by atoms with Gasteiger partial charge in [-0.2, -0.15) is 0 Å². The van der Waals surface area contributed by atoms with E-state index in [-0.39, 0.29) is 23.2 Å². The van der Waals surface area contributed by atoms with Crippen LogP contribution in [0.5, 0.6) is 0 Å². The topological polar surface area (TPSA) is 64.6 Å². The van der Waals surface area contributed by atoms with Gasteiger partial charge >= 0.3 is 6.03 Å². The van der Waals surface area contributed by atoms with E-state index in [2.05, 4.69) is 38.3 Å². The number of nitrogens with zero attached hydrogens (tertiary/aromatic N) is 1. The van der Waals surface area contributed by atoms with Gasteiger partial charge in [-0.3, -0.25) is 0 Å². The second-order valence-electron chi connectivity index (χ2n) is 8.27. The van der Waals surface area contributed by atoms with Crippen molar-refractivity contribution >= 4 is 6.03 Å². The number of piperidine rings is 1. The number of carbonyl (C=O) groups excluding carboxylic acids is 1. The van der Waals surface area contributed by atoms with Crippen LogP contribution in [0.4, 0.5) is 4.79 Å². The highest BCUT2D eigenvalue weighted by Crippen LogP contribution is 2.28. The molecule has 5 nitrogen and oxygen atoms in total. The van der Waals surface area contributed by atoms with Gasteiger partial charge in [0.05, 0.1) is 12.1 Å². The minimum atomic E-state index is -0.875. The summed E-state index contributed by atoms with van der Waals surface area (Å²) in [6.45, 7) is 15.0. The van der Waals surface area contributed by atoms with Crippen LogP contribution in [0.1, 0.15) is 61.3 Å². The molecule has 1 saturated heterocycles. The molecule has 0 spiro atoms. The highest BCUT2D eigenvalue weighted by Gasteiger charge is 2.38. The largest absolute Gasteiger partial charge is 0.389 e. The first-order chi connectivity index (χ1) is 9.34.